The first-order chi connectivity index (χ1) is 9.57. The Kier molecular flexibility index (Phi) is 3.05. The van der Waals surface area contributed by atoms with E-state index in [2.05, 4.69) is 16.0 Å². The number of aromatic amines is 1. The van der Waals surface area contributed by atoms with Crippen molar-refractivity contribution in [1.29, 1.82) is 5.26 Å². The van der Waals surface area contributed by atoms with E-state index in [4.69, 9.17) is 9.47 Å². The van der Waals surface area contributed by atoms with Gasteiger partial charge in [-0.3, -0.25) is 0 Å². The van der Waals surface area contributed by atoms with Gasteiger partial charge >= 0.3 is 0 Å². The zero-order valence-electron chi connectivity index (χ0n) is 11.4. The molecule has 1 saturated heterocycles. The second-order valence-corrected chi connectivity index (χ2v) is 5.16. The van der Waals surface area contributed by atoms with E-state index >= 15 is 0 Å². The van der Waals surface area contributed by atoms with Gasteiger partial charge in [0.1, 0.15) is 18.0 Å². The molecule has 0 radical (unpaired) electrons. The Bertz CT molecular complexity index is 676. The highest BCUT2D eigenvalue weighted by atomic mass is 16.7. The normalized spacial score (nSPS) is 22.1. The fraction of sp³-hybridized carbons (Fsp3) is 0.333. The van der Waals surface area contributed by atoms with E-state index in [-0.39, 0.29) is 6.10 Å². The van der Waals surface area contributed by atoms with Crippen LogP contribution in [-0.4, -0.2) is 28.5 Å². The molecule has 1 aromatic heterocycles. The molecule has 1 aliphatic rings. The summed E-state index contributed by atoms with van der Waals surface area (Å²) < 4.78 is 11.2. The molecule has 0 bridgehead atoms. The van der Waals surface area contributed by atoms with E-state index in [9.17, 15) is 5.26 Å². The molecule has 0 aliphatic carbocycles. The van der Waals surface area contributed by atoms with Crippen molar-refractivity contribution in [2.24, 2.45) is 0 Å². The topological polar surface area (TPSA) is 70.9 Å². The Morgan fingerprint density at radius 1 is 1.50 bits per heavy atom. The number of hydrogen-bond donors (Lipinski definition) is 1. The van der Waals surface area contributed by atoms with Gasteiger partial charge in [0.05, 0.1) is 23.2 Å². The number of ether oxygens (including phenoxy) is 2. The molecule has 2 heterocycles. The number of para-hydroxylation sites is 2. The standard InChI is InChI=1S/C15H15N3O2/c1-15(2)19-9-11(20-15)7-10(8-16)14-17-12-5-3-4-6-13(12)18-14/h3-7,11H,9H2,1-2H3,(H,17,18)/b10-7+. The zero-order chi connectivity index (χ0) is 14.2. The molecule has 1 aromatic carbocycles. The van der Waals surface area contributed by atoms with Crippen LogP contribution in [0.5, 0.6) is 0 Å². The highest BCUT2D eigenvalue weighted by molar-refractivity contribution is 5.82. The third-order valence-electron chi connectivity index (χ3n) is 3.15. The van der Waals surface area contributed by atoms with Crippen LogP contribution in [0.15, 0.2) is 30.3 Å². The Labute approximate surface area is 116 Å². The van der Waals surface area contributed by atoms with E-state index < -0.39 is 5.79 Å². The smallest absolute Gasteiger partial charge is 0.163 e. The molecule has 2 aromatic rings. The average Bonchev–Trinajstić information content (AvgIpc) is 2.98. The number of rotatable bonds is 2. The summed E-state index contributed by atoms with van der Waals surface area (Å²) in [6.45, 7) is 4.15. The zero-order valence-corrected chi connectivity index (χ0v) is 11.4. The highest BCUT2D eigenvalue weighted by Crippen LogP contribution is 2.25. The molecular weight excluding hydrogens is 254 g/mol. The third kappa shape index (κ3) is 2.44. The monoisotopic (exact) mass is 269 g/mol. The van der Waals surface area contributed by atoms with Crippen LogP contribution in [0.2, 0.25) is 0 Å². The van der Waals surface area contributed by atoms with E-state index in [1.165, 1.54) is 0 Å². The number of aromatic nitrogens is 2. The Morgan fingerprint density at radius 2 is 2.30 bits per heavy atom. The van der Waals surface area contributed by atoms with Gasteiger partial charge in [0.2, 0.25) is 0 Å². The van der Waals surface area contributed by atoms with Crippen molar-refractivity contribution in [3.63, 3.8) is 0 Å². The number of fused-ring (bicyclic) bond motifs is 1. The van der Waals surface area contributed by atoms with E-state index in [0.29, 0.717) is 18.0 Å². The van der Waals surface area contributed by atoms with E-state index in [0.717, 1.165) is 11.0 Å². The van der Waals surface area contributed by atoms with Gasteiger partial charge in [0.25, 0.3) is 0 Å². The maximum absolute atomic E-state index is 9.32. The number of imidazole rings is 1. The predicted octanol–water partition coefficient (Wildman–Crippen LogP) is 2.62. The molecule has 1 unspecified atom stereocenters. The lowest BCUT2D eigenvalue weighted by Crippen LogP contribution is -2.20. The lowest BCUT2D eigenvalue weighted by atomic mass is 10.2. The molecule has 5 nitrogen and oxygen atoms in total. The summed E-state index contributed by atoms with van der Waals surface area (Å²) in [5, 5.41) is 9.32. The summed E-state index contributed by atoms with van der Waals surface area (Å²) in [6, 6.07) is 9.84. The summed E-state index contributed by atoms with van der Waals surface area (Å²) >= 11 is 0. The summed E-state index contributed by atoms with van der Waals surface area (Å²) in [5.41, 5.74) is 2.22. The van der Waals surface area contributed by atoms with Crippen molar-refractivity contribution >= 4 is 16.6 Å². The van der Waals surface area contributed by atoms with Crippen LogP contribution in [0.3, 0.4) is 0 Å². The maximum atomic E-state index is 9.32. The third-order valence-corrected chi connectivity index (χ3v) is 3.15. The number of benzene rings is 1. The fourth-order valence-electron chi connectivity index (χ4n) is 2.23. The SMILES string of the molecule is CC1(C)OCC(/C=C(\C#N)c2nc3ccccc3[nH]2)O1. The van der Waals surface area contributed by atoms with Gasteiger partial charge in [0.15, 0.2) is 5.79 Å². The molecule has 3 rings (SSSR count). The van der Waals surface area contributed by atoms with Crippen molar-refractivity contribution < 1.29 is 9.47 Å². The predicted molar refractivity (Wildman–Crippen MR) is 74.6 cm³/mol. The lowest BCUT2D eigenvalue weighted by molar-refractivity contribution is -0.133. The fourth-order valence-corrected chi connectivity index (χ4v) is 2.23. The van der Waals surface area contributed by atoms with Gasteiger partial charge in [-0.2, -0.15) is 5.26 Å². The number of nitrogens with zero attached hydrogens (tertiary/aromatic N) is 2. The van der Waals surface area contributed by atoms with Crippen LogP contribution in [0.1, 0.15) is 19.7 Å². The molecular formula is C15H15N3O2. The van der Waals surface area contributed by atoms with Crippen LogP contribution in [0, 0.1) is 11.3 Å². The van der Waals surface area contributed by atoms with Crippen LogP contribution in [0.25, 0.3) is 16.6 Å². The maximum Gasteiger partial charge on any atom is 0.163 e. The average molecular weight is 269 g/mol. The summed E-state index contributed by atoms with van der Waals surface area (Å²) in [4.78, 5) is 7.56. The molecule has 1 atom stereocenters. The molecule has 0 spiro atoms. The number of allylic oxidation sites excluding steroid dienone is 1. The van der Waals surface area contributed by atoms with Gasteiger partial charge < -0.3 is 14.5 Å². The van der Waals surface area contributed by atoms with E-state index in [1.807, 2.05) is 38.1 Å². The quantitative estimate of drug-likeness (QED) is 0.851. The number of hydrogen-bond acceptors (Lipinski definition) is 4. The summed E-state index contributed by atoms with van der Waals surface area (Å²) in [7, 11) is 0. The van der Waals surface area contributed by atoms with Crippen molar-refractivity contribution in [1.82, 2.24) is 9.97 Å². The van der Waals surface area contributed by atoms with Crippen molar-refractivity contribution in [2.75, 3.05) is 6.61 Å². The second kappa shape index (κ2) is 4.75. The minimum Gasteiger partial charge on any atom is -0.347 e. The lowest BCUT2D eigenvalue weighted by Gasteiger charge is -2.15. The molecule has 5 heteroatoms. The number of H-pyrrole nitrogens is 1. The number of nitriles is 1. The molecule has 1 aliphatic heterocycles. The van der Waals surface area contributed by atoms with Crippen LogP contribution >= 0.6 is 0 Å². The first-order valence-electron chi connectivity index (χ1n) is 6.46. The van der Waals surface area contributed by atoms with Gasteiger partial charge in [0, 0.05) is 0 Å². The van der Waals surface area contributed by atoms with Crippen molar-refractivity contribution in [3.8, 4) is 6.07 Å². The summed E-state index contributed by atoms with van der Waals surface area (Å²) in [5.74, 6) is -0.0442. The van der Waals surface area contributed by atoms with Gasteiger partial charge in [-0.05, 0) is 32.1 Å². The van der Waals surface area contributed by atoms with Crippen LogP contribution in [-0.2, 0) is 9.47 Å². The molecule has 102 valence electrons. The summed E-state index contributed by atoms with van der Waals surface area (Å²) in [6.07, 6.45) is 1.53. The number of nitrogens with one attached hydrogen (secondary N) is 1. The van der Waals surface area contributed by atoms with Crippen molar-refractivity contribution in [3.05, 3.63) is 36.2 Å². The van der Waals surface area contributed by atoms with Crippen LogP contribution < -0.4 is 0 Å². The Morgan fingerprint density at radius 3 is 2.95 bits per heavy atom. The highest BCUT2D eigenvalue weighted by Gasteiger charge is 2.31. The first-order valence-corrected chi connectivity index (χ1v) is 6.46. The first kappa shape index (κ1) is 12.9. The second-order valence-electron chi connectivity index (χ2n) is 5.16. The van der Waals surface area contributed by atoms with Gasteiger partial charge in [-0.1, -0.05) is 12.1 Å². The minimum atomic E-state index is -0.602. The largest absolute Gasteiger partial charge is 0.347 e. The minimum absolute atomic E-state index is 0.229. The van der Waals surface area contributed by atoms with Crippen molar-refractivity contribution in [2.45, 2.75) is 25.7 Å². The Balaban J connectivity index is 1.92. The molecule has 1 N–H and O–H groups in total. The van der Waals surface area contributed by atoms with Gasteiger partial charge in [-0.15, -0.1) is 0 Å². The molecule has 1 fully saturated rings. The Hall–Kier alpha value is -2.16. The molecule has 0 saturated carbocycles. The molecule has 0 amide bonds. The van der Waals surface area contributed by atoms with E-state index in [1.54, 1.807) is 6.08 Å². The molecule has 20 heavy (non-hydrogen) atoms. The van der Waals surface area contributed by atoms with Crippen LogP contribution in [0.4, 0.5) is 0 Å². The van der Waals surface area contributed by atoms with Gasteiger partial charge in [-0.25, -0.2) is 4.98 Å².